The number of methoxy groups -OCH3 is 4. The van der Waals surface area contributed by atoms with Crippen molar-refractivity contribution in [1.82, 2.24) is 5.43 Å². The lowest BCUT2D eigenvalue weighted by Gasteiger charge is -2.26. The van der Waals surface area contributed by atoms with Crippen LogP contribution in [0.15, 0.2) is 70.7 Å². The molecule has 3 rings (SSSR count). The van der Waals surface area contributed by atoms with E-state index in [9.17, 15) is 26.4 Å². The zero-order chi connectivity index (χ0) is 29.5. The van der Waals surface area contributed by atoms with Crippen molar-refractivity contribution in [3.8, 4) is 23.0 Å². The van der Waals surface area contributed by atoms with Crippen molar-refractivity contribution in [3.05, 3.63) is 71.8 Å². The molecule has 3 aromatic rings. The molecule has 0 spiro atoms. The first-order valence-electron chi connectivity index (χ1n) is 11.4. The second-order valence-electron chi connectivity index (χ2n) is 7.94. The van der Waals surface area contributed by atoms with E-state index in [4.69, 9.17) is 18.9 Å². The van der Waals surface area contributed by atoms with Crippen molar-refractivity contribution >= 4 is 27.8 Å². The van der Waals surface area contributed by atoms with Crippen LogP contribution in [0.4, 0.5) is 18.9 Å². The number of rotatable bonds is 11. The Kier molecular flexibility index (Phi) is 9.47. The highest BCUT2D eigenvalue weighted by molar-refractivity contribution is 7.92. The number of hydrazone groups is 1. The van der Waals surface area contributed by atoms with Crippen LogP contribution in [0, 0.1) is 0 Å². The molecule has 0 aliphatic rings. The molecule has 40 heavy (non-hydrogen) atoms. The van der Waals surface area contributed by atoms with Crippen molar-refractivity contribution in [1.29, 1.82) is 0 Å². The van der Waals surface area contributed by atoms with Gasteiger partial charge in [0.1, 0.15) is 18.0 Å². The molecule has 0 fully saturated rings. The van der Waals surface area contributed by atoms with Gasteiger partial charge in [-0.15, -0.1) is 0 Å². The number of carbonyl (C=O) groups is 1. The first-order valence-corrected chi connectivity index (χ1v) is 12.8. The highest BCUT2D eigenvalue weighted by Gasteiger charge is 2.33. The number of sulfonamides is 1. The minimum Gasteiger partial charge on any atom is -0.497 e. The lowest BCUT2D eigenvalue weighted by Crippen LogP contribution is -2.39. The number of nitrogens with zero attached hydrogens (tertiary/aromatic N) is 2. The molecule has 0 aliphatic carbocycles. The monoisotopic (exact) mass is 581 g/mol. The van der Waals surface area contributed by atoms with Crippen LogP contribution in [0.3, 0.4) is 0 Å². The average molecular weight is 582 g/mol. The molecule has 0 saturated heterocycles. The van der Waals surface area contributed by atoms with Crippen LogP contribution in [0.5, 0.6) is 23.0 Å². The van der Waals surface area contributed by atoms with Crippen molar-refractivity contribution in [2.24, 2.45) is 5.10 Å². The Morgan fingerprint density at radius 2 is 1.55 bits per heavy atom. The summed E-state index contributed by atoms with van der Waals surface area (Å²) in [4.78, 5) is 12.6. The predicted octanol–water partition coefficient (Wildman–Crippen LogP) is 4.09. The number of anilines is 1. The van der Waals surface area contributed by atoms with Crippen molar-refractivity contribution in [3.63, 3.8) is 0 Å². The Balaban J connectivity index is 2.01. The number of alkyl halides is 3. The van der Waals surface area contributed by atoms with Gasteiger partial charge < -0.3 is 18.9 Å². The van der Waals surface area contributed by atoms with Gasteiger partial charge in [0.25, 0.3) is 15.9 Å². The maximum Gasteiger partial charge on any atom is 0.417 e. The third-order valence-electron chi connectivity index (χ3n) is 5.54. The molecule has 0 saturated carbocycles. The summed E-state index contributed by atoms with van der Waals surface area (Å²) < 4.78 is 89.2. The number of hydrogen-bond donors (Lipinski definition) is 1. The molecule has 10 nitrogen and oxygen atoms in total. The van der Waals surface area contributed by atoms with Crippen LogP contribution >= 0.6 is 0 Å². The highest BCUT2D eigenvalue weighted by Crippen LogP contribution is 2.37. The predicted molar refractivity (Wildman–Crippen MR) is 141 cm³/mol. The van der Waals surface area contributed by atoms with E-state index in [1.54, 1.807) is 0 Å². The molecule has 0 bridgehead atoms. The van der Waals surface area contributed by atoms with Crippen molar-refractivity contribution in [2.75, 3.05) is 39.3 Å². The van der Waals surface area contributed by atoms with E-state index in [0.29, 0.717) is 0 Å². The van der Waals surface area contributed by atoms with Crippen LogP contribution in [0.2, 0.25) is 0 Å². The summed E-state index contributed by atoms with van der Waals surface area (Å²) in [6, 6.07) is 12.9. The van der Waals surface area contributed by atoms with Crippen LogP contribution in [0.1, 0.15) is 11.1 Å². The molecule has 1 N–H and O–H groups in total. The minimum absolute atomic E-state index is 0.0434. The van der Waals surface area contributed by atoms with Crippen LogP contribution in [-0.2, 0) is 21.0 Å². The third kappa shape index (κ3) is 6.75. The standard InChI is InChI=1S/C26H26F3N3O7S/c1-36-18-9-11-22(37-2)21(13-18)32(40(34,35)19-10-12-23(38-3)24(14-19)39-4)16-25(33)31-30-15-17-7-5-6-8-20(17)26(27,28)29/h5-15H,16H2,1-4H3,(H,31,33)/b30-15-. The molecule has 14 heteroatoms. The molecule has 1 amide bonds. The average Bonchev–Trinajstić information content (AvgIpc) is 2.94. The second-order valence-corrected chi connectivity index (χ2v) is 9.81. The fraction of sp³-hybridized carbons (Fsp3) is 0.231. The largest absolute Gasteiger partial charge is 0.497 e. The van der Waals surface area contributed by atoms with E-state index in [1.165, 1.54) is 83.0 Å². The summed E-state index contributed by atoms with van der Waals surface area (Å²) in [5.74, 6) is -0.183. The lowest BCUT2D eigenvalue weighted by molar-refractivity contribution is -0.137. The van der Waals surface area contributed by atoms with Crippen molar-refractivity contribution < 1.29 is 45.3 Å². The summed E-state index contributed by atoms with van der Waals surface area (Å²) in [7, 11) is 0.941. The summed E-state index contributed by atoms with van der Waals surface area (Å²) in [6.07, 6.45) is -3.82. The fourth-order valence-corrected chi connectivity index (χ4v) is 5.04. The molecule has 0 radical (unpaired) electrons. The number of amides is 1. The highest BCUT2D eigenvalue weighted by atomic mass is 32.2. The zero-order valence-corrected chi connectivity index (χ0v) is 22.7. The van der Waals surface area contributed by atoms with Gasteiger partial charge in [-0.2, -0.15) is 18.3 Å². The van der Waals surface area contributed by atoms with Crippen LogP contribution in [-0.4, -0.2) is 55.5 Å². The number of ether oxygens (including phenoxy) is 4. The van der Waals surface area contributed by atoms with Crippen molar-refractivity contribution in [2.45, 2.75) is 11.1 Å². The summed E-state index contributed by atoms with van der Waals surface area (Å²) in [5.41, 5.74) is 0.793. The van der Waals surface area contributed by atoms with E-state index < -0.39 is 34.2 Å². The zero-order valence-electron chi connectivity index (χ0n) is 21.9. The SMILES string of the molecule is COc1ccc(OC)c(N(CC(=O)N/N=C\c2ccccc2C(F)(F)F)S(=O)(=O)c2ccc(OC)c(OC)c2)c1. The van der Waals surface area contributed by atoms with Gasteiger partial charge in [0.15, 0.2) is 11.5 Å². The van der Waals surface area contributed by atoms with Crippen LogP contribution in [0.25, 0.3) is 0 Å². The van der Waals surface area contributed by atoms with Crippen LogP contribution < -0.4 is 28.7 Å². The number of halogens is 3. The quantitative estimate of drug-likeness (QED) is 0.268. The van der Waals surface area contributed by atoms with Gasteiger partial charge in [-0.1, -0.05) is 18.2 Å². The Morgan fingerprint density at radius 3 is 2.17 bits per heavy atom. The van der Waals surface area contributed by atoms with Gasteiger partial charge in [0, 0.05) is 17.7 Å². The molecule has 0 aromatic heterocycles. The van der Waals surface area contributed by atoms with E-state index in [1.807, 2.05) is 0 Å². The van der Waals surface area contributed by atoms with Gasteiger partial charge in [-0.3, -0.25) is 9.10 Å². The Bertz CT molecular complexity index is 1500. The molecule has 3 aromatic carbocycles. The topological polar surface area (TPSA) is 116 Å². The molecule has 0 heterocycles. The number of carbonyl (C=O) groups excluding carboxylic acids is 1. The van der Waals surface area contributed by atoms with Gasteiger partial charge in [0.05, 0.1) is 50.8 Å². The summed E-state index contributed by atoms with van der Waals surface area (Å²) in [6.45, 7) is -0.821. The molecular weight excluding hydrogens is 555 g/mol. The van der Waals surface area contributed by atoms with Gasteiger partial charge in [-0.05, 0) is 30.3 Å². The number of benzene rings is 3. The Labute approximate surface area is 229 Å². The Hall–Kier alpha value is -4.46. The van der Waals surface area contributed by atoms with Gasteiger partial charge in [0.2, 0.25) is 0 Å². The van der Waals surface area contributed by atoms with E-state index in [-0.39, 0.29) is 39.1 Å². The minimum atomic E-state index is -4.64. The van der Waals surface area contributed by atoms with Gasteiger partial charge >= 0.3 is 6.18 Å². The summed E-state index contributed by atoms with van der Waals surface area (Å²) >= 11 is 0. The van der Waals surface area contributed by atoms with E-state index in [2.05, 4.69) is 10.5 Å². The van der Waals surface area contributed by atoms with E-state index in [0.717, 1.165) is 16.6 Å². The van der Waals surface area contributed by atoms with Gasteiger partial charge in [-0.25, -0.2) is 13.8 Å². The molecule has 0 unspecified atom stereocenters. The molecule has 0 aliphatic heterocycles. The van der Waals surface area contributed by atoms with E-state index >= 15 is 0 Å². The molecule has 214 valence electrons. The first kappa shape index (κ1) is 30.1. The maximum atomic E-state index is 13.8. The number of hydrogen-bond acceptors (Lipinski definition) is 8. The molecular formula is C26H26F3N3O7S. The number of nitrogens with one attached hydrogen (secondary N) is 1. The summed E-state index contributed by atoms with van der Waals surface area (Å²) in [5, 5.41) is 3.61. The lowest BCUT2D eigenvalue weighted by atomic mass is 10.1. The normalized spacial score (nSPS) is 11.7. The third-order valence-corrected chi connectivity index (χ3v) is 7.30. The fourth-order valence-electron chi connectivity index (χ4n) is 3.60. The maximum absolute atomic E-state index is 13.8. The first-order chi connectivity index (χ1) is 19.0. The second kappa shape index (κ2) is 12.6. The Morgan fingerprint density at radius 1 is 0.900 bits per heavy atom. The molecule has 0 atom stereocenters. The smallest absolute Gasteiger partial charge is 0.417 e.